The topological polar surface area (TPSA) is 83.9 Å². The lowest BCUT2D eigenvalue weighted by molar-refractivity contribution is 0.0858. The smallest absolute Gasteiger partial charge is 0.259 e. The van der Waals surface area contributed by atoms with Gasteiger partial charge in [-0.2, -0.15) is 0 Å². The van der Waals surface area contributed by atoms with Crippen molar-refractivity contribution in [1.82, 2.24) is 4.90 Å². The normalized spacial score (nSPS) is 17.6. The van der Waals surface area contributed by atoms with E-state index in [1.807, 2.05) is 30.3 Å². The molecule has 2 aliphatic rings. The van der Waals surface area contributed by atoms with Gasteiger partial charge < -0.3 is 0 Å². The standard InChI is InChI=1S/C25H20N2O4S2/c28-23-19-8-4-5-9-21(19)33(30,31)22-16-18(10-11-20(22)23)24(29)27-14-15-32-25(27)26-13-12-17-6-2-1-3-7-17/h1-11,16H,12-15H2. The van der Waals surface area contributed by atoms with E-state index in [2.05, 4.69) is 4.99 Å². The number of aliphatic imine (C=N–C) groups is 1. The van der Waals surface area contributed by atoms with E-state index in [0.717, 1.165) is 12.2 Å². The summed E-state index contributed by atoms with van der Waals surface area (Å²) in [5, 5.41) is 0.637. The minimum absolute atomic E-state index is 0.0213. The van der Waals surface area contributed by atoms with Crippen LogP contribution in [0.25, 0.3) is 0 Å². The summed E-state index contributed by atoms with van der Waals surface area (Å²) in [6.45, 7) is 1.05. The molecule has 5 rings (SSSR count). The number of fused-ring (bicyclic) bond motifs is 2. The number of sulfone groups is 1. The molecule has 2 aliphatic heterocycles. The molecule has 0 aromatic heterocycles. The summed E-state index contributed by atoms with van der Waals surface area (Å²) in [6.07, 6.45) is 0.769. The number of benzene rings is 3. The highest BCUT2D eigenvalue weighted by molar-refractivity contribution is 8.14. The van der Waals surface area contributed by atoms with Crippen molar-refractivity contribution in [1.29, 1.82) is 0 Å². The number of carbonyl (C=O) groups excluding carboxylic acids is 2. The summed E-state index contributed by atoms with van der Waals surface area (Å²) in [4.78, 5) is 32.2. The molecule has 3 aromatic carbocycles. The molecule has 2 heterocycles. The Labute approximate surface area is 196 Å². The van der Waals surface area contributed by atoms with Crippen molar-refractivity contribution in [3.63, 3.8) is 0 Å². The number of carbonyl (C=O) groups is 2. The lowest BCUT2D eigenvalue weighted by atomic mass is 10.0. The Bertz CT molecular complexity index is 1400. The van der Waals surface area contributed by atoms with Crippen molar-refractivity contribution >= 4 is 38.5 Å². The van der Waals surface area contributed by atoms with Crippen molar-refractivity contribution in [2.45, 2.75) is 16.2 Å². The maximum Gasteiger partial charge on any atom is 0.259 e. The average molecular weight is 477 g/mol. The second-order valence-electron chi connectivity index (χ2n) is 7.74. The van der Waals surface area contributed by atoms with E-state index < -0.39 is 9.84 Å². The van der Waals surface area contributed by atoms with E-state index >= 15 is 0 Å². The number of amidine groups is 1. The van der Waals surface area contributed by atoms with Crippen molar-refractivity contribution < 1.29 is 18.0 Å². The highest BCUT2D eigenvalue weighted by Gasteiger charge is 2.36. The predicted molar refractivity (Wildman–Crippen MR) is 128 cm³/mol. The lowest BCUT2D eigenvalue weighted by Crippen LogP contribution is -2.32. The van der Waals surface area contributed by atoms with Crippen molar-refractivity contribution in [3.05, 3.63) is 95.1 Å². The van der Waals surface area contributed by atoms with Crippen LogP contribution in [0, 0.1) is 0 Å². The van der Waals surface area contributed by atoms with Crippen molar-refractivity contribution in [3.8, 4) is 0 Å². The maximum absolute atomic E-state index is 13.3. The highest BCUT2D eigenvalue weighted by Crippen LogP contribution is 2.35. The summed E-state index contributed by atoms with van der Waals surface area (Å²) in [6, 6.07) is 20.5. The predicted octanol–water partition coefficient (Wildman–Crippen LogP) is 3.85. The van der Waals surface area contributed by atoms with Crippen molar-refractivity contribution in [2.75, 3.05) is 18.8 Å². The molecule has 6 nitrogen and oxygen atoms in total. The maximum atomic E-state index is 13.3. The van der Waals surface area contributed by atoms with Crippen LogP contribution in [0.3, 0.4) is 0 Å². The van der Waals surface area contributed by atoms with E-state index in [0.29, 0.717) is 18.3 Å². The molecule has 0 aliphatic carbocycles. The van der Waals surface area contributed by atoms with E-state index in [4.69, 9.17) is 0 Å². The van der Waals surface area contributed by atoms with Crippen LogP contribution in [0.1, 0.15) is 31.8 Å². The first-order chi connectivity index (χ1) is 16.0. The zero-order chi connectivity index (χ0) is 23.0. The average Bonchev–Trinajstić information content (AvgIpc) is 3.31. The Balaban J connectivity index is 1.42. The quantitative estimate of drug-likeness (QED) is 0.447. The van der Waals surface area contributed by atoms with Gasteiger partial charge in [0.05, 0.1) is 9.79 Å². The van der Waals surface area contributed by atoms with Crippen LogP contribution in [-0.4, -0.2) is 49.0 Å². The molecule has 33 heavy (non-hydrogen) atoms. The molecule has 1 fully saturated rings. The Morgan fingerprint density at radius 3 is 2.48 bits per heavy atom. The molecule has 0 unspecified atom stereocenters. The molecule has 0 radical (unpaired) electrons. The second kappa shape index (κ2) is 8.61. The number of rotatable bonds is 4. The second-order valence-corrected chi connectivity index (χ2v) is 10.7. The van der Waals surface area contributed by atoms with Crippen LogP contribution in [0.5, 0.6) is 0 Å². The number of nitrogens with zero attached hydrogens (tertiary/aromatic N) is 2. The first kappa shape index (κ1) is 21.6. The third-order valence-corrected chi connectivity index (χ3v) is 8.54. The minimum atomic E-state index is -3.90. The fourth-order valence-electron chi connectivity index (χ4n) is 4.02. The zero-order valence-electron chi connectivity index (χ0n) is 17.6. The van der Waals surface area contributed by atoms with Gasteiger partial charge in [-0.3, -0.25) is 19.5 Å². The van der Waals surface area contributed by atoms with Crippen LogP contribution in [0.15, 0.2) is 87.6 Å². The lowest BCUT2D eigenvalue weighted by Gasteiger charge is -2.21. The number of amides is 1. The molecule has 0 saturated carbocycles. The molecule has 0 atom stereocenters. The van der Waals surface area contributed by atoms with Gasteiger partial charge in [-0.25, -0.2) is 8.42 Å². The zero-order valence-corrected chi connectivity index (χ0v) is 19.2. The monoisotopic (exact) mass is 476 g/mol. The van der Waals surface area contributed by atoms with Gasteiger partial charge in [0, 0.05) is 35.5 Å². The summed E-state index contributed by atoms with van der Waals surface area (Å²) in [7, 11) is -3.90. The van der Waals surface area contributed by atoms with Gasteiger partial charge >= 0.3 is 0 Å². The summed E-state index contributed by atoms with van der Waals surface area (Å²) in [5.41, 5.74) is 1.65. The fourth-order valence-corrected chi connectivity index (χ4v) is 6.67. The third-order valence-electron chi connectivity index (χ3n) is 5.70. The van der Waals surface area contributed by atoms with Gasteiger partial charge in [-0.15, -0.1) is 0 Å². The minimum Gasteiger partial charge on any atom is -0.289 e. The first-order valence-electron chi connectivity index (χ1n) is 10.5. The van der Waals surface area contributed by atoms with Crippen molar-refractivity contribution in [2.24, 2.45) is 4.99 Å². The van der Waals surface area contributed by atoms with Gasteiger partial charge in [-0.05, 0) is 42.3 Å². The van der Waals surface area contributed by atoms with Crippen LogP contribution in [-0.2, 0) is 16.3 Å². The number of thioether (sulfide) groups is 1. The molecule has 1 amide bonds. The SMILES string of the molecule is O=C1c2ccccc2S(=O)(=O)c2cc(C(=O)N3CCSC3=NCCc3ccccc3)ccc21. The molecule has 166 valence electrons. The van der Waals surface area contributed by atoms with Crippen LogP contribution in [0.4, 0.5) is 0 Å². The molecule has 0 N–H and O–H groups in total. The molecular formula is C25H20N2O4S2. The highest BCUT2D eigenvalue weighted by atomic mass is 32.2. The Kier molecular flexibility index (Phi) is 5.64. The van der Waals surface area contributed by atoms with Gasteiger partial charge in [0.2, 0.25) is 9.84 Å². The number of hydrogen-bond acceptors (Lipinski definition) is 6. The molecule has 1 saturated heterocycles. The van der Waals surface area contributed by atoms with Crippen LogP contribution in [0.2, 0.25) is 0 Å². The Morgan fingerprint density at radius 1 is 0.939 bits per heavy atom. The van der Waals surface area contributed by atoms with Gasteiger partial charge in [0.1, 0.15) is 0 Å². The van der Waals surface area contributed by atoms with E-state index in [-0.39, 0.29) is 38.2 Å². The van der Waals surface area contributed by atoms with E-state index in [1.54, 1.807) is 17.0 Å². The van der Waals surface area contributed by atoms with Gasteiger partial charge in [0.25, 0.3) is 5.91 Å². The summed E-state index contributed by atoms with van der Waals surface area (Å²) >= 11 is 1.51. The molecule has 0 bridgehead atoms. The van der Waals surface area contributed by atoms with Crippen LogP contribution < -0.4 is 0 Å². The summed E-state index contributed by atoms with van der Waals surface area (Å²) < 4.78 is 26.3. The van der Waals surface area contributed by atoms with E-state index in [9.17, 15) is 18.0 Å². The Hall–Kier alpha value is -3.23. The number of ketones is 1. The van der Waals surface area contributed by atoms with Gasteiger partial charge in [-0.1, -0.05) is 54.2 Å². The van der Waals surface area contributed by atoms with E-state index in [1.165, 1.54) is 47.7 Å². The Morgan fingerprint density at radius 2 is 1.67 bits per heavy atom. The first-order valence-corrected chi connectivity index (χ1v) is 13.0. The molecule has 0 spiro atoms. The van der Waals surface area contributed by atoms with Gasteiger partial charge in [0.15, 0.2) is 11.0 Å². The number of hydrogen-bond donors (Lipinski definition) is 0. The third kappa shape index (κ3) is 3.89. The fraction of sp³-hybridized carbons (Fsp3) is 0.160. The molecular weight excluding hydrogens is 456 g/mol. The summed E-state index contributed by atoms with van der Waals surface area (Å²) in [5.74, 6) is 0.0578. The van der Waals surface area contributed by atoms with Crippen LogP contribution >= 0.6 is 11.8 Å². The largest absolute Gasteiger partial charge is 0.289 e. The molecule has 3 aromatic rings. The molecule has 8 heteroatoms.